The molecule has 1 N–H and O–H groups in total. The fourth-order valence-electron chi connectivity index (χ4n) is 2.24. The van der Waals surface area contributed by atoms with Gasteiger partial charge >= 0.3 is 0 Å². The van der Waals surface area contributed by atoms with Gasteiger partial charge in [-0.3, -0.25) is 4.79 Å². The molecule has 4 heteroatoms. The van der Waals surface area contributed by atoms with Crippen molar-refractivity contribution in [1.82, 2.24) is 9.78 Å². The first-order valence-electron chi connectivity index (χ1n) is 5.65. The summed E-state index contributed by atoms with van der Waals surface area (Å²) < 4.78 is 1.62. The van der Waals surface area contributed by atoms with E-state index in [0.717, 1.165) is 24.1 Å². The minimum Gasteiger partial charge on any atom is -0.508 e. The maximum Gasteiger partial charge on any atom is 0.181 e. The van der Waals surface area contributed by atoms with Crippen LogP contribution >= 0.6 is 0 Å². The van der Waals surface area contributed by atoms with Crippen molar-refractivity contribution in [3.05, 3.63) is 41.7 Å². The number of rotatable bonds is 1. The molecule has 0 spiro atoms. The molecule has 1 heterocycles. The molecule has 2 aromatic rings. The van der Waals surface area contributed by atoms with Crippen LogP contribution in [-0.4, -0.2) is 20.7 Å². The van der Waals surface area contributed by atoms with E-state index < -0.39 is 0 Å². The Labute approximate surface area is 98.5 Å². The van der Waals surface area contributed by atoms with Gasteiger partial charge in [0.2, 0.25) is 0 Å². The number of benzene rings is 1. The van der Waals surface area contributed by atoms with E-state index in [9.17, 15) is 9.90 Å². The first-order valence-corrected chi connectivity index (χ1v) is 5.65. The number of Topliss-reactive ketones (excluding diaryl/α,β-unsaturated/α-hetero) is 1. The summed E-state index contributed by atoms with van der Waals surface area (Å²) in [6.07, 6.45) is 4.13. The molecule has 0 amide bonds. The van der Waals surface area contributed by atoms with Crippen molar-refractivity contribution in [2.75, 3.05) is 0 Å². The zero-order valence-electron chi connectivity index (χ0n) is 9.26. The Kier molecular flexibility index (Phi) is 2.21. The lowest BCUT2D eigenvalue weighted by Crippen LogP contribution is -2.14. The molecule has 1 aromatic heterocycles. The summed E-state index contributed by atoms with van der Waals surface area (Å²) in [4.78, 5) is 11.9. The molecule has 0 atom stereocenters. The van der Waals surface area contributed by atoms with E-state index in [0.29, 0.717) is 12.1 Å². The van der Waals surface area contributed by atoms with Crippen molar-refractivity contribution >= 4 is 5.78 Å². The van der Waals surface area contributed by atoms with Crippen LogP contribution in [0.4, 0.5) is 0 Å². The van der Waals surface area contributed by atoms with Crippen molar-refractivity contribution in [3.63, 3.8) is 0 Å². The summed E-state index contributed by atoms with van der Waals surface area (Å²) in [6, 6.07) is 6.78. The summed E-state index contributed by atoms with van der Waals surface area (Å²) in [6.45, 7) is 0. The second kappa shape index (κ2) is 3.73. The minimum absolute atomic E-state index is 0.132. The predicted octanol–water partition coefficient (Wildman–Crippen LogP) is 2.10. The number of phenols is 1. The molecule has 0 saturated heterocycles. The Balaban J connectivity index is 2.16. The van der Waals surface area contributed by atoms with E-state index >= 15 is 0 Å². The number of nitrogens with zero attached hydrogens (tertiary/aromatic N) is 2. The molecule has 1 aliphatic rings. The maximum absolute atomic E-state index is 11.9. The lowest BCUT2D eigenvalue weighted by atomic mass is 9.97. The summed E-state index contributed by atoms with van der Waals surface area (Å²) in [5, 5.41) is 13.7. The molecule has 0 unspecified atom stereocenters. The summed E-state index contributed by atoms with van der Waals surface area (Å²) in [7, 11) is 0. The smallest absolute Gasteiger partial charge is 0.181 e. The Morgan fingerprint density at radius 2 is 2.18 bits per heavy atom. The summed E-state index contributed by atoms with van der Waals surface area (Å²) in [5.74, 6) is 0.308. The summed E-state index contributed by atoms with van der Waals surface area (Å²) >= 11 is 0. The van der Waals surface area contributed by atoms with Crippen LogP contribution in [0.1, 0.15) is 28.9 Å². The van der Waals surface area contributed by atoms with Crippen LogP contribution < -0.4 is 0 Å². The number of ketones is 1. The van der Waals surface area contributed by atoms with Gasteiger partial charge in [-0.25, -0.2) is 4.68 Å². The Bertz CT molecular complexity index is 587. The second-order valence-electron chi connectivity index (χ2n) is 4.23. The molecule has 0 saturated carbocycles. The number of aromatic nitrogens is 2. The molecule has 17 heavy (non-hydrogen) atoms. The highest BCUT2D eigenvalue weighted by Gasteiger charge is 2.23. The number of hydrogen-bond donors (Lipinski definition) is 1. The average Bonchev–Trinajstić information content (AvgIpc) is 2.74. The van der Waals surface area contributed by atoms with Gasteiger partial charge < -0.3 is 5.11 Å². The average molecular weight is 228 g/mol. The molecule has 0 radical (unpaired) electrons. The lowest BCUT2D eigenvalue weighted by Gasteiger charge is -2.12. The maximum atomic E-state index is 11.9. The molecule has 1 aliphatic carbocycles. The highest BCUT2D eigenvalue weighted by atomic mass is 16.3. The van der Waals surface area contributed by atoms with Crippen molar-refractivity contribution in [3.8, 4) is 11.4 Å². The van der Waals surface area contributed by atoms with E-state index in [1.54, 1.807) is 29.1 Å². The highest BCUT2D eigenvalue weighted by Crippen LogP contribution is 2.24. The van der Waals surface area contributed by atoms with E-state index in [4.69, 9.17) is 0 Å². The van der Waals surface area contributed by atoms with Crippen molar-refractivity contribution in [1.29, 1.82) is 0 Å². The van der Waals surface area contributed by atoms with E-state index in [2.05, 4.69) is 5.10 Å². The van der Waals surface area contributed by atoms with Crippen LogP contribution in [0.3, 0.4) is 0 Å². The second-order valence-corrected chi connectivity index (χ2v) is 4.23. The van der Waals surface area contributed by atoms with Gasteiger partial charge in [0.05, 0.1) is 11.9 Å². The molecule has 0 bridgehead atoms. The quantitative estimate of drug-likeness (QED) is 0.813. The van der Waals surface area contributed by atoms with E-state index in [1.807, 2.05) is 6.07 Å². The monoisotopic (exact) mass is 228 g/mol. The van der Waals surface area contributed by atoms with Gasteiger partial charge in [0, 0.05) is 18.1 Å². The summed E-state index contributed by atoms with van der Waals surface area (Å²) in [5.41, 5.74) is 2.40. The van der Waals surface area contributed by atoms with Crippen LogP contribution in [-0.2, 0) is 6.42 Å². The van der Waals surface area contributed by atoms with Crippen LogP contribution in [0.25, 0.3) is 5.69 Å². The molecule has 86 valence electrons. The first-order chi connectivity index (χ1) is 8.25. The third kappa shape index (κ3) is 1.62. The molecule has 0 aliphatic heterocycles. The number of aryl methyl sites for hydroxylation is 1. The van der Waals surface area contributed by atoms with E-state index in [1.165, 1.54) is 0 Å². The number of carbonyl (C=O) groups is 1. The van der Waals surface area contributed by atoms with Gasteiger partial charge in [0.1, 0.15) is 11.4 Å². The SMILES string of the molecule is O=C1CCCc2cnn(-c3cccc(O)c3)c21. The van der Waals surface area contributed by atoms with Gasteiger partial charge in [0.15, 0.2) is 5.78 Å². The number of carbonyl (C=O) groups excluding carboxylic acids is 1. The lowest BCUT2D eigenvalue weighted by molar-refractivity contribution is 0.0965. The molecule has 1 aromatic carbocycles. The fraction of sp³-hybridized carbons (Fsp3) is 0.231. The van der Waals surface area contributed by atoms with Crippen LogP contribution in [0.2, 0.25) is 0 Å². The zero-order chi connectivity index (χ0) is 11.8. The number of hydrogen-bond acceptors (Lipinski definition) is 3. The molecule has 0 fully saturated rings. The molecular weight excluding hydrogens is 216 g/mol. The Morgan fingerprint density at radius 1 is 1.29 bits per heavy atom. The Morgan fingerprint density at radius 3 is 3.00 bits per heavy atom. The molecule has 4 nitrogen and oxygen atoms in total. The fourth-order valence-corrected chi connectivity index (χ4v) is 2.24. The Hall–Kier alpha value is -2.10. The van der Waals surface area contributed by atoms with Crippen LogP contribution in [0.15, 0.2) is 30.5 Å². The first kappa shape index (κ1) is 10.1. The third-order valence-electron chi connectivity index (χ3n) is 3.03. The minimum atomic E-state index is 0.132. The number of fused-ring (bicyclic) bond motifs is 1. The largest absolute Gasteiger partial charge is 0.508 e. The van der Waals surface area contributed by atoms with E-state index in [-0.39, 0.29) is 11.5 Å². The molecular formula is C13H12N2O2. The standard InChI is InChI=1S/C13H12N2O2/c16-11-5-2-4-10(7-11)15-13-9(8-14-15)3-1-6-12(13)17/h2,4-5,7-8,16H,1,3,6H2. The van der Waals surface area contributed by atoms with Gasteiger partial charge in [-0.1, -0.05) is 6.07 Å². The van der Waals surface area contributed by atoms with Gasteiger partial charge in [-0.2, -0.15) is 5.10 Å². The number of phenolic OH excluding ortho intramolecular Hbond substituents is 1. The highest BCUT2D eigenvalue weighted by molar-refractivity contribution is 5.97. The van der Waals surface area contributed by atoms with Crippen molar-refractivity contribution in [2.45, 2.75) is 19.3 Å². The molecule has 3 rings (SSSR count). The zero-order valence-corrected chi connectivity index (χ0v) is 9.26. The third-order valence-corrected chi connectivity index (χ3v) is 3.03. The van der Waals surface area contributed by atoms with Crippen molar-refractivity contribution in [2.24, 2.45) is 0 Å². The number of aromatic hydroxyl groups is 1. The van der Waals surface area contributed by atoms with Crippen LogP contribution in [0, 0.1) is 0 Å². The van der Waals surface area contributed by atoms with Gasteiger partial charge in [-0.15, -0.1) is 0 Å². The van der Waals surface area contributed by atoms with Crippen molar-refractivity contribution < 1.29 is 9.90 Å². The van der Waals surface area contributed by atoms with Crippen LogP contribution in [0.5, 0.6) is 5.75 Å². The van der Waals surface area contributed by atoms with Gasteiger partial charge in [0.25, 0.3) is 0 Å². The predicted molar refractivity (Wildman–Crippen MR) is 62.5 cm³/mol. The topological polar surface area (TPSA) is 55.1 Å². The van der Waals surface area contributed by atoms with Gasteiger partial charge in [-0.05, 0) is 25.0 Å². The normalized spacial score (nSPS) is 14.7.